The number of benzene rings is 1. The number of oxazole rings is 1. The monoisotopic (exact) mass is 484 g/mol. The van der Waals surface area contributed by atoms with Crippen LogP contribution in [0.15, 0.2) is 29.0 Å². The lowest BCUT2D eigenvalue weighted by Gasteiger charge is -2.33. The van der Waals surface area contributed by atoms with Gasteiger partial charge in [0.2, 0.25) is 0 Å². The number of aromatic nitrogens is 1. The number of esters is 2. The van der Waals surface area contributed by atoms with Crippen molar-refractivity contribution in [2.45, 2.75) is 53.1 Å². The molecule has 1 aliphatic rings. The molecule has 1 N–H and O–H groups in total. The van der Waals surface area contributed by atoms with E-state index < -0.39 is 23.9 Å². The molecular formula is C25H28N2O6S. The zero-order valence-electron chi connectivity index (χ0n) is 19.9. The van der Waals surface area contributed by atoms with Gasteiger partial charge in [-0.2, -0.15) is 0 Å². The Bertz CT molecular complexity index is 1250. The zero-order chi connectivity index (χ0) is 24.6. The lowest BCUT2D eigenvalue weighted by Crippen LogP contribution is -2.30. The first kappa shape index (κ1) is 23.9. The third kappa shape index (κ3) is 4.70. The summed E-state index contributed by atoms with van der Waals surface area (Å²) in [6, 6.07) is 4.71. The predicted molar refractivity (Wildman–Crippen MR) is 128 cm³/mol. The van der Waals surface area contributed by atoms with Crippen molar-refractivity contribution in [2.24, 2.45) is 11.3 Å². The summed E-state index contributed by atoms with van der Waals surface area (Å²) in [5, 5.41) is 3.23. The molecule has 2 atom stereocenters. The van der Waals surface area contributed by atoms with Gasteiger partial charge in [0.1, 0.15) is 10.5 Å². The van der Waals surface area contributed by atoms with Gasteiger partial charge < -0.3 is 19.2 Å². The Morgan fingerprint density at radius 1 is 1.24 bits per heavy atom. The standard InChI is InChI=1S/C25H28N2O6S/c1-13(33-23(29)14-6-9-18-17(10-14)26-12-32-18)21(28)27-22-20(24(30)31-5)16-8-7-15(25(2,3)4)11-19(16)34-22/h6,9-10,12-13,15H,7-8,11H2,1-5H3,(H,27,28). The van der Waals surface area contributed by atoms with E-state index >= 15 is 0 Å². The van der Waals surface area contributed by atoms with Crippen LogP contribution in [0.4, 0.5) is 5.00 Å². The van der Waals surface area contributed by atoms with E-state index in [1.54, 1.807) is 18.2 Å². The second-order valence-corrected chi connectivity index (χ2v) is 10.7. The molecule has 8 nitrogen and oxygen atoms in total. The van der Waals surface area contributed by atoms with Crippen molar-refractivity contribution in [3.05, 3.63) is 46.2 Å². The molecule has 3 aromatic rings. The number of thiophene rings is 1. The lowest BCUT2D eigenvalue weighted by molar-refractivity contribution is -0.123. The zero-order valence-corrected chi connectivity index (χ0v) is 20.7. The molecule has 180 valence electrons. The van der Waals surface area contributed by atoms with Gasteiger partial charge in [0, 0.05) is 4.88 Å². The number of carbonyl (C=O) groups excluding carboxylic acids is 3. The largest absolute Gasteiger partial charge is 0.465 e. The average Bonchev–Trinajstić information content (AvgIpc) is 3.40. The van der Waals surface area contributed by atoms with Crippen LogP contribution in [-0.4, -0.2) is 36.0 Å². The highest BCUT2D eigenvalue weighted by atomic mass is 32.1. The van der Waals surface area contributed by atoms with Gasteiger partial charge in [0.15, 0.2) is 18.1 Å². The summed E-state index contributed by atoms with van der Waals surface area (Å²) in [5.74, 6) is -1.17. The smallest absolute Gasteiger partial charge is 0.341 e. The normalized spacial score (nSPS) is 16.6. The number of amides is 1. The van der Waals surface area contributed by atoms with E-state index in [1.165, 1.54) is 31.8 Å². The van der Waals surface area contributed by atoms with Gasteiger partial charge in [-0.25, -0.2) is 14.6 Å². The van der Waals surface area contributed by atoms with E-state index in [4.69, 9.17) is 13.9 Å². The third-order valence-corrected chi connectivity index (χ3v) is 7.51. The molecule has 0 radical (unpaired) electrons. The Balaban J connectivity index is 1.51. The van der Waals surface area contributed by atoms with Crippen molar-refractivity contribution >= 4 is 45.3 Å². The van der Waals surface area contributed by atoms with Crippen LogP contribution in [0.5, 0.6) is 0 Å². The van der Waals surface area contributed by atoms with Crippen LogP contribution in [0.3, 0.4) is 0 Å². The summed E-state index contributed by atoms with van der Waals surface area (Å²) in [6.07, 6.45) is 2.78. The van der Waals surface area contributed by atoms with E-state index in [0.717, 1.165) is 29.7 Å². The molecule has 2 aromatic heterocycles. The maximum absolute atomic E-state index is 12.9. The molecule has 0 bridgehead atoms. The van der Waals surface area contributed by atoms with Gasteiger partial charge >= 0.3 is 11.9 Å². The first-order valence-corrected chi connectivity index (χ1v) is 12.0. The molecule has 0 saturated carbocycles. The van der Waals surface area contributed by atoms with E-state index in [1.807, 2.05) is 0 Å². The molecule has 1 aliphatic carbocycles. The number of carbonyl (C=O) groups is 3. The van der Waals surface area contributed by atoms with Crippen molar-refractivity contribution in [1.29, 1.82) is 0 Å². The number of methoxy groups -OCH3 is 1. The van der Waals surface area contributed by atoms with E-state index in [-0.39, 0.29) is 11.0 Å². The van der Waals surface area contributed by atoms with Crippen LogP contribution in [0.25, 0.3) is 11.1 Å². The fraction of sp³-hybridized carbons (Fsp3) is 0.440. The average molecular weight is 485 g/mol. The van der Waals surface area contributed by atoms with Crippen LogP contribution >= 0.6 is 11.3 Å². The third-order valence-electron chi connectivity index (χ3n) is 6.34. The molecule has 1 aromatic carbocycles. The molecule has 2 unspecified atom stereocenters. The molecule has 1 amide bonds. The Kier molecular flexibility index (Phi) is 6.49. The topological polar surface area (TPSA) is 108 Å². The van der Waals surface area contributed by atoms with Crippen molar-refractivity contribution in [3.63, 3.8) is 0 Å². The van der Waals surface area contributed by atoms with Crippen molar-refractivity contribution in [2.75, 3.05) is 12.4 Å². The summed E-state index contributed by atoms with van der Waals surface area (Å²) >= 11 is 1.40. The van der Waals surface area contributed by atoms with Crippen molar-refractivity contribution < 1.29 is 28.3 Å². The second kappa shape index (κ2) is 9.21. The lowest BCUT2D eigenvalue weighted by atomic mass is 9.72. The maximum atomic E-state index is 12.9. The highest BCUT2D eigenvalue weighted by Crippen LogP contribution is 2.44. The Labute approximate surface area is 201 Å². The van der Waals surface area contributed by atoms with Crippen LogP contribution < -0.4 is 5.32 Å². The van der Waals surface area contributed by atoms with Gasteiger partial charge in [-0.3, -0.25) is 4.79 Å². The van der Waals surface area contributed by atoms with Crippen LogP contribution in [0.2, 0.25) is 0 Å². The minimum Gasteiger partial charge on any atom is -0.465 e. The molecule has 9 heteroatoms. The Hall–Kier alpha value is -3.20. The highest BCUT2D eigenvalue weighted by molar-refractivity contribution is 7.17. The molecule has 0 fully saturated rings. The van der Waals surface area contributed by atoms with Gasteiger partial charge in [-0.05, 0) is 61.3 Å². The number of rotatable bonds is 5. The number of hydrogen-bond donors (Lipinski definition) is 1. The second-order valence-electron chi connectivity index (χ2n) is 9.58. The summed E-state index contributed by atoms with van der Waals surface area (Å²) in [7, 11) is 1.33. The van der Waals surface area contributed by atoms with Gasteiger partial charge in [-0.1, -0.05) is 20.8 Å². The highest BCUT2D eigenvalue weighted by Gasteiger charge is 2.35. The first-order chi connectivity index (χ1) is 16.1. The van der Waals surface area contributed by atoms with Crippen LogP contribution in [0.1, 0.15) is 65.3 Å². The molecule has 2 heterocycles. The summed E-state index contributed by atoms with van der Waals surface area (Å²) in [6.45, 7) is 8.15. The molecule has 0 spiro atoms. The number of ether oxygens (including phenoxy) is 2. The van der Waals surface area contributed by atoms with Crippen LogP contribution in [0, 0.1) is 11.3 Å². The summed E-state index contributed by atoms with van der Waals surface area (Å²) in [4.78, 5) is 43.1. The minimum atomic E-state index is -1.08. The molecule has 0 aliphatic heterocycles. The fourth-order valence-corrected chi connectivity index (χ4v) is 5.53. The molecular weight excluding hydrogens is 456 g/mol. The van der Waals surface area contributed by atoms with Crippen LogP contribution in [-0.2, 0) is 27.1 Å². The maximum Gasteiger partial charge on any atom is 0.341 e. The fourth-order valence-electron chi connectivity index (χ4n) is 4.21. The van der Waals surface area contributed by atoms with Crippen molar-refractivity contribution in [3.8, 4) is 0 Å². The van der Waals surface area contributed by atoms with Gasteiger partial charge in [0.05, 0.1) is 18.2 Å². The number of nitrogens with one attached hydrogen (secondary N) is 1. The number of nitrogens with zero attached hydrogens (tertiary/aromatic N) is 1. The van der Waals surface area contributed by atoms with Gasteiger partial charge in [-0.15, -0.1) is 11.3 Å². The van der Waals surface area contributed by atoms with E-state index in [2.05, 4.69) is 31.1 Å². The minimum absolute atomic E-state index is 0.147. The predicted octanol–water partition coefficient (Wildman–Crippen LogP) is 5.01. The SMILES string of the molecule is COC(=O)c1c(NC(=O)C(C)OC(=O)c2ccc3ocnc3c2)sc2c1CCC(C(C)(C)C)C2. The molecule has 34 heavy (non-hydrogen) atoms. The molecule has 4 rings (SSSR count). The Morgan fingerprint density at radius 2 is 2.00 bits per heavy atom. The quantitative estimate of drug-likeness (QED) is 0.507. The number of anilines is 1. The number of fused-ring (bicyclic) bond motifs is 2. The van der Waals surface area contributed by atoms with Gasteiger partial charge in [0.25, 0.3) is 5.91 Å². The summed E-state index contributed by atoms with van der Waals surface area (Å²) in [5.41, 5.74) is 2.82. The Morgan fingerprint density at radius 3 is 2.71 bits per heavy atom. The van der Waals surface area contributed by atoms with E-state index in [0.29, 0.717) is 27.6 Å². The summed E-state index contributed by atoms with van der Waals surface area (Å²) < 4.78 is 15.5. The number of hydrogen-bond acceptors (Lipinski definition) is 8. The van der Waals surface area contributed by atoms with Crippen molar-refractivity contribution in [1.82, 2.24) is 4.98 Å². The first-order valence-electron chi connectivity index (χ1n) is 11.2. The molecule has 0 saturated heterocycles. The van der Waals surface area contributed by atoms with E-state index in [9.17, 15) is 14.4 Å².